The summed E-state index contributed by atoms with van der Waals surface area (Å²) >= 11 is 0. The van der Waals surface area contributed by atoms with Gasteiger partial charge in [-0.05, 0) is 60.9 Å². The number of hydrogen-bond acceptors (Lipinski definition) is 5. The molecule has 3 aliphatic rings. The molecule has 1 aliphatic carbocycles. The third kappa shape index (κ3) is 3.79. The van der Waals surface area contributed by atoms with Crippen LogP contribution in [-0.2, 0) is 16.8 Å². The minimum Gasteiger partial charge on any atom is -0.486 e. The van der Waals surface area contributed by atoms with Gasteiger partial charge in [-0.2, -0.15) is 0 Å². The molecule has 2 atom stereocenters. The van der Waals surface area contributed by atoms with Crippen LogP contribution in [0.2, 0.25) is 0 Å². The number of fused-ring (bicyclic) bond motifs is 2. The predicted octanol–water partition coefficient (Wildman–Crippen LogP) is 2.94. The fourth-order valence-corrected chi connectivity index (χ4v) is 5.35. The van der Waals surface area contributed by atoms with E-state index < -0.39 is 5.54 Å². The highest BCUT2D eigenvalue weighted by Gasteiger charge is 2.37. The van der Waals surface area contributed by atoms with E-state index >= 15 is 0 Å². The van der Waals surface area contributed by atoms with E-state index in [0.29, 0.717) is 13.2 Å². The first kappa shape index (κ1) is 20.3. The average Bonchev–Trinajstić information content (AvgIpc) is 3.32. The molecule has 31 heavy (non-hydrogen) atoms. The van der Waals surface area contributed by atoms with Crippen LogP contribution in [0.15, 0.2) is 42.5 Å². The van der Waals surface area contributed by atoms with E-state index in [4.69, 9.17) is 9.47 Å². The molecule has 2 heterocycles. The molecule has 2 aromatic rings. The number of carbonyl (C=O) groups excluding carboxylic acids is 1. The fourth-order valence-electron chi connectivity index (χ4n) is 5.35. The summed E-state index contributed by atoms with van der Waals surface area (Å²) in [6.45, 7) is 2.08. The first-order valence-corrected chi connectivity index (χ1v) is 11.3. The molecular weight excluding hydrogens is 392 g/mol. The van der Waals surface area contributed by atoms with Crippen LogP contribution >= 0.6 is 0 Å². The van der Waals surface area contributed by atoms with Gasteiger partial charge in [-0.3, -0.25) is 10.1 Å². The number of hydrogen-bond donors (Lipinski definition) is 2. The molecule has 6 heteroatoms. The van der Waals surface area contributed by atoms with Crippen molar-refractivity contribution in [3.05, 3.63) is 59.2 Å². The zero-order valence-corrected chi connectivity index (χ0v) is 17.8. The van der Waals surface area contributed by atoms with Gasteiger partial charge in [0, 0.05) is 6.54 Å². The van der Waals surface area contributed by atoms with Crippen LogP contribution in [0.4, 0.5) is 0 Å². The lowest BCUT2D eigenvalue weighted by Crippen LogP contribution is -2.51. The minimum atomic E-state index is -0.545. The number of nitrogens with one attached hydrogen (secondary N) is 1. The molecule has 2 aromatic carbocycles. The van der Waals surface area contributed by atoms with Crippen LogP contribution in [0, 0.1) is 0 Å². The summed E-state index contributed by atoms with van der Waals surface area (Å²) < 4.78 is 11.4. The molecule has 1 fully saturated rings. The fraction of sp³-hybridized carbons (Fsp3) is 0.480. The zero-order valence-electron chi connectivity index (χ0n) is 17.8. The van der Waals surface area contributed by atoms with Gasteiger partial charge in [-0.1, -0.05) is 30.3 Å². The van der Waals surface area contributed by atoms with E-state index in [1.807, 2.05) is 35.2 Å². The third-order valence-electron chi connectivity index (χ3n) is 6.95. The molecule has 0 unspecified atom stereocenters. The van der Waals surface area contributed by atoms with Crippen molar-refractivity contribution in [3.8, 4) is 11.5 Å². The van der Waals surface area contributed by atoms with E-state index in [1.165, 1.54) is 5.56 Å². The number of benzene rings is 2. The largest absolute Gasteiger partial charge is 0.486 e. The SMILES string of the molecule is O=C(CN[C@]1(CO)CCCc2ccccc21)N1CCC[C@H]1c1ccc2c(c1)OCCO2. The van der Waals surface area contributed by atoms with Gasteiger partial charge < -0.3 is 19.5 Å². The zero-order chi connectivity index (χ0) is 21.3. The van der Waals surface area contributed by atoms with Gasteiger partial charge in [0.1, 0.15) is 13.2 Å². The number of carbonyl (C=O) groups is 1. The predicted molar refractivity (Wildman–Crippen MR) is 117 cm³/mol. The summed E-state index contributed by atoms with van der Waals surface area (Å²) in [5.74, 6) is 1.61. The van der Waals surface area contributed by atoms with Gasteiger partial charge in [0.25, 0.3) is 0 Å². The summed E-state index contributed by atoms with van der Waals surface area (Å²) in [4.78, 5) is 15.2. The number of nitrogens with zero attached hydrogens (tertiary/aromatic N) is 1. The monoisotopic (exact) mass is 422 g/mol. The van der Waals surface area contributed by atoms with Crippen LogP contribution in [0.5, 0.6) is 11.5 Å². The smallest absolute Gasteiger partial charge is 0.237 e. The highest BCUT2D eigenvalue weighted by molar-refractivity contribution is 5.79. The van der Waals surface area contributed by atoms with Gasteiger partial charge in [-0.25, -0.2) is 0 Å². The van der Waals surface area contributed by atoms with Gasteiger partial charge in [-0.15, -0.1) is 0 Å². The summed E-state index contributed by atoms with van der Waals surface area (Å²) in [7, 11) is 0. The van der Waals surface area contributed by atoms with E-state index in [1.54, 1.807) is 0 Å². The van der Waals surface area contributed by atoms with Crippen molar-refractivity contribution in [3.63, 3.8) is 0 Å². The Morgan fingerprint density at radius 1 is 1.13 bits per heavy atom. The lowest BCUT2D eigenvalue weighted by Gasteiger charge is -2.39. The van der Waals surface area contributed by atoms with Crippen LogP contribution in [0.3, 0.4) is 0 Å². The Morgan fingerprint density at radius 2 is 1.97 bits per heavy atom. The molecule has 5 rings (SSSR count). The second-order valence-electron chi connectivity index (χ2n) is 8.75. The molecule has 1 amide bonds. The second kappa shape index (κ2) is 8.52. The minimum absolute atomic E-state index is 0.0110. The maximum absolute atomic E-state index is 13.3. The number of aliphatic hydroxyl groups excluding tert-OH is 1. The molecule has 2 N–H and O–H groups in total. The van der Waals surface area contributed by atoms with Crippen molar-refractivity contribution < 1.29 is 19.4 Å². The molecule has 164 valence electrons. The summed E-state index contributed by atoms with van der Waals surface area (Å²) in [5.41, 5.74) is 2.94. The van der Waals surface area contributed by atoms with Crippen LogP contribution in [0.1, 0.15) is 48.4 Å². The van der Waals surface area contributed by atoms with Gasteiger partial charge in [0.15, 0.2) is 11.5 Å². The third-order valence-corrected chi connectivity index (χ3v) is 6.95. The van der Waals surface area contributed by atoms with E-state index in [0.717, 1.165) is 61.3 Å². The topological polar surface area (TPSA) is 71.0 Å². The molecule has 0 spiro atoms. The normalized spacial score (nSPS) is 24.7. The number of aryl methyl sites for hydroxylation is 1. The van der Waals surface area contributed by atoms with Crippen molar-refractivity contribution in [2.45, 2.75) is 43.7 Å². The number of aliphatic hydroxyl groups is 1. The second-order valence-corrected chi connectivity index (χ2v) is 8.75. The van der Waals surface area contributed by atoms with E-state index in [2.05, 4.69) is 17.4 Å². The molecule has 1 saturated heterocycles. The molecule has 0 radical (unpaired) electrons. The molecular formula is C25H30N2O4. The Bertz CT molecular complexity index is 962. The number of amides is 1. The highest BCUT2D eigenvalue weighted by atomic mass is 16.6. The Morgan fingerprint density at radius 3 is 2.84 bits per heavy atom. The summed E-state index contributed by atoms with van der Waals surface area (Å²) in [5, 5.41) is 13.7. The maximum atomic E-state index is 13.3. The van der Waals surface area contributed by atoms with Gasteiger partial charge in [0.05, 0.1) is 24.7 Å². The molecule has 0 aromatic heterocycles. The maximum Gasteiger partial charge on any atom is 0.237 e. The van der Waals surface area contributed by atoms with Crippen molar-refractivity contribution in [1.82, 2.24) is 10.2 Å². The first-order valence-electron chi connectivity index (χ1n) is 11.3. The number of ether oxygens (including phenoxy) is 2. The van der Waals surface area contributed by atoms with Crippen molar-refractivity contribution in [2.75, 3.05) is 32.9 Å². The van der Waals surface area contributed by atoms with Gasteiger partial charge in [0.2, 0.25) is 5.91 Å². The van der Waals surface area contributed by atoms with Crippen molar-refractivity contribution in [1.29, 1.82) is 0 Å². The van der Waals surface area contributed by atoms with Crippen LogP contribution in [0.25, 0.3) is 0 Å². The van der Waals surface area contributed by atoms with Crippen molar-refractivity contribution >= 4 is 5.91 Å². The molecule has 6 nitrogen and oxygen atoms in total. The van der Waals surface area contributed by atoms with Crippen LogP contribution in [-0.4, -0.2) is 48.8 Å². The van der Waals surface area contributed by atoms with E-state index in [-0.39, 0.29) is 25.1 Å². The Labute approximate surface area is 183 Å². The lowest BCUT2D eigenvalue weighted by atomic mass is 9.77. The summed E-state index contributed by atoms with van der Waals surface area (Å²) in [6, 6.07) is 14.3. The Hall–Kier alpha value is -2.57. The number of likely N-dealkylation sites (tertiary alicyclic amines) is 1. The van der Waals surface area contributed by atoms with Crippen molar-refractivity contribution in [2.24, 2.45) is 0 Å². The van der Waals surface area contributed by atoms with Gasteiger partial charge >= 0.3 is 0 Å². The summed E-state index contributed by atoms with van der Waals surface area (Å²) in [6.07, 6.45) is 4.78. The lowest BCUT2D eigenvalue weighted by molar-refractivity contribution is -0.131. The number of rotatable bonds is 5. The average molecular weight is 423 g/mol. The molecule has 0 bridgehead atoms. The molecule has 2 aliphatic heterocycles. The standard InChI is InChI=1S/C25H30N2O4/c28-17-25(11-3-6-18-5-1-2-7-20(18)25)26-16-24(29)27-12-4-8-21(27)19-9-10-22-23(15-19)31-14-13-30-22/h1-2,5,7,9-10,15,21,26,28H,3-4,6,8,11-14,16-17H2/t21-,25-/m0/s1. The first-order chi connectivity index (χ1) is 15.2. The highest BCUT2D eigenvalue weighted by Crippen LogP contribution is 2.39. The quantitative estimate of drug-likeness (QED) is 0.775. The van der Waals surface area contributed by atoms with Crippen LogP contribution < -0.4 is 14.8 Å². The van der Waals surface area contributed by atoms with E-state index in [9.17, 15) is 9.90 Å². The Balaban J connectivity index is 1.31. The molecule has 0 saturated carbocycles. The Kier molecular flexibility index (Phi) is 5.59.